The van der Waals surface area contributed by atoms with E-state index in [2.05, 4.69) is 27.1 Å². The second-order valence-corrected chi connectivity index (χ2v) is 4.85. The van der Waals surface area contributed by atoms with Crippen molar-refractivity contribution in [2.45, 2.75) is 26.2 Å². The van der Waals surface area contributed by atoms with Crippen molar-refractivity contribution in [2.75, 3.05) is 29.9 Å². The van der Waals surface area contributed by atoms with Crippen LogP contribution >= 0.6 is 0 Å². The highest BCUT2D eigenvalue weighted by molar-refractivity contribution is 5.77. The molecule has 1 aromatic heterocycles. The zero-order valence-electron chi connectivity index (χ0n) is 11.3. The van der Waals surface area contributed by atoms with Gasteiger partial charge in [-0.05, 0) is 19.3 Å². The molecule has 1 aromatic rings. The Morgan fingerprint density at radius 1 is 1.47 bits per heavy atom. The Kier molecular flexibility index (Phi) is 4.54. The summed E-state index contributed by atoms with van der Waals surface area (Å²) in [5.74, 6) is 1.59. The fourth-order valence-corrected chi connectivity index (χ4v) is 2.26. The lowest BCUT2D eigenvalue weighted by molar-refractivity contribution is -0.122. The first kappa shape index (κ1) is 13.6. The molecule has 0 aliphatic carbocycles. The number of nitrogens with one attached hydrogen (secondary N) is 1. The van der Waals surface area contributed by atoms with E-state index in [-0.39, 0.29) is 11.8 Å². The number of hydrogen-bond donors (Lipinski definition) is 2. The first-order valence-corrected chi connectivity index (χ1v) is 6.81. The summed E-state index contributed by atoms with van der Waals surface area (Å²) in [7, 11) is 0. The minimum atomic E-state index is -0.187. The van der Waals surface area contributed by atoms with Crippen LogP contribution in [0.3, 0.4) is 0 Å². The SMILES string of the molecule is CCCNc1cc(N2CCC(C(N)=O)CC2)ncn1. The molecule has 1 fully saturated rings. The third-order valence-corrected chi connectivity index (χ3v) is 3.43. The van der Waals surface area contributed by atoms with Crippen molar-refractivity contribution < 1.29 is 4.79 Å². The molecular formula is C13H21N5O. The van der Waals surface area contributed by atoms with Crippen molar-refractivity contribution in [1.29, 1.82) is 0 Å². The first-order chi connectivity index (χ1) is 9.20. The Labute approximate surface area is 113 Å². The van der Waals surface area contributed by atoms with E-state index in [0.29, 0.717) is 0 Å². The largest absolute Gasteiger partial charge is 0.370 e. The normalized spacial score (nSPS) is 16.4. The van der Waals surface area contributed by atoms with Crippen LogP contribution in [0.2, 0.25) is 0 Å². The minimum Gasteiger partial charge on any atom is -0.370 e. The summed E-state index contributed by atoms with van der Waals surface area (Å²) in [6.07, 6.45) is 4.24. The fourth-order valence-electron chi connectivity index (χ4n) is 2.26. The molecule has 6 heteroatoms. The van der Waals surface area contributed by atoms with E-state index in [9.17, 15) is 4.79 Å². The van der Waals surface area contributed by atoms with Gasteiger partial charge in [-0.25, -0.2) is 9.97 Å². The molecule has 1 amide bonds. The summed E-state index contributed by atoms with van der Waals surface area (Å²) < 4.78 is 0. The molecule has 104 valence electrons. The van der Waals surface area contributed by atoms with Gasteiger partial charge in [-0.1, -0.05) is 6.92 Å². The number of carbonyl (C=O) groups is 1. The quantitative estimate of drug-likeness (QED) is 0.828. The molecular weight excluding hydrogens is 242 g/mol. The van der Waals surface area contributed by atoms with Crippen LogP contribution in [0.4, 0.5) is 11.6 Å². The highest BCUT2D eigenvalue weighted by Crippen LogP contribution is 2.22. The van der Waals surface area contributed by atoms with E-state index in [1.54, 1.807) is 6.33 Å². The van der Waals surface area contributed by atoms with Crippen molar-refractivity contribution in [3.8, 4) is 0 Å². The predicted octanol–water partition coefficient (Wildman–Crippen LogP) is 1.00. The van der Waals surface area contributed by atoms with Gasteiger partial charge < -0.3 is 16.0 Å². The van der Waals surface area contributed by atoms with Crippen molar-refractivity contribution >= 4 is 17.5 Å². The molecule has 2 rings (SSSR count). The maximum atomic E-state index is 11.1. The van der Waals surface area contributed by atoms with E-state index in [1.165, 1.54) is 0 Å². The van der Waals surface area contributed by atoms with Gasteiger partial charge in [0, 0.05) is 31.6 Å². The Balaban J connectivity index is 1.97. The number of carbonyl (C=O) groups excluding carboxylic acids is 1. The molecule has 0 radical (unpaired) electrons. The van der Waals surface area contributed by atoms with E-state index in [0.717, 1.165) is 50.5 Å². The van der Waals surface area contributed by atoms with Crippen LogP contribution in [-0.2, 0) is 4.79 Å². The zero-order valence-corrected chi connectivity index (χ0v) is 11.3. The van der Waals surface area contributed by atoms with Gasteiger partial charge in [0.2, 0.25) is 5.91 Å². The molecule has 1 aliphatic rings. The third kappa shape index (κ3) is 3.56. The molecule has 6 nitrogen and oxygen atoms in total. The van der Waals surface area contributed by atoms with Gasteiger partial charge in [-0.3, -0.25) is 4.79 Å². The highest BCUT2D eigenvalue weighted by Gasteiger charge is 2.23. The molecule has 0 unspecified atom stereocenters. The molecule has 0 bridgehead atoms. The molecule has 0 saturated carbocycles. The lowest BCUT2D eigenvalue weighted by Crippen LogP contribution is -2.38. The topological polar surface area (TPSA) is 84.1 Å². The van der Waals surface area contributed by atoms with Crippen LogP contribution in [0.25, 0.3) is 0 Å². The Morgan fingerprint density at radius 2 is 2.21 bits per heavy atom. The van der Waals surface area contributed by atoms with Crippen LogP contribution in [0.15, 0.2) is 12.4 Å². The number of nitrogens with zero attached hydrogens (tertiary/aromatic N) is 3. The fraction of sp³-hybridized carbons (Fsp3) is 0.615. The second kappa shape index (κ2) is 6.36. The number of piperidine rings is 1. The molecule has 0 atom stereocenters. The van der Waals surface area contributed by atoms with Crippen molar-refractivity contribution in [1.82, 2.24) is 9.97 Å². The maximum Gasteiger partial charge on any atom is 0.220 e. The van der Waals surface area contributed by atoms with E-state index >= 15 is 0 Å². The molecule has 3 N–H and O–H groups in total. The van der Waals surface area contributed by atoms with Crippen molar-refractivity contribution in [2.24, 2.45) is 11.7 Å². The molecule has 19 heavy (non-hydrogen) atoms. The Bertz CT molecular complexity index is 429. The van der Waals surface area contributed by atoms with Gasteiger partial charge in [0.15, 0.2) is 0 Å². The second-order valence-electron chi connectivity index (χ2n) is 4.85. The first-order valence-electron chi connectivity index (χ1n) is 6.81. The number of anilines is 2. The number of hydrogen-bond acceptors (Lipinski definition) is 5. The summed E-state index contributed by atoms with van der Waals surface area (Å²) >= 11 is 0. The van der Waals surface area contributed by atoms with Crippen LogP contribution in [-0.4, -0.2) is 35.5 Å². The smallest absolute Gasteiger partial charge is 0.220 e. The van der Waals surface area contributed by atoms with Gasteiger partial charge in [0.25, 0.3) is 0 Å². The monoisotopic (exact) mass is 263 g/mol. The summed E-state index contributed by atoms with van der Waals surface area (Å²) in [5, 5.41) is 3.25. The average Bonchev–Trinajstić information content (AvgIpc) is 2.45. The van der Waals surface area contributed by atoms with Gasteiger partial charge in [-0.15, -0.1) is 0 Å². The number of aromatic nitrogens is 2. The Morgan fingerprint density at radius 3 is 2.84 bits per heavy atom. The number of rotatable bonds is 5. The van der Waals surface area contributed by atoms with Gasteiger partial charge >= 0.3 is 0 Å². The lowest BCUT2D eigenvalue weighted by Gasteiger charge is -2.31. The van der Waals surface area contributed by atoms with Crippen molar-refractivity contribution in [3.05, 3.63) is 12.4 Å². The van der Waals surface area contributed by atoms with Gasteiger partial charge in [0.1, 0.15) is 18.0 Å². The van der Waals surface area contributed by atoms with Crippen LogP contribution < -0.4 is 16.0 Å². The zero-order chi connectivity index (χ0) is 13.7. The summed E-state index contributed by atoms with van der Waals surface area (Å²) in [4.78, 5) is 21.8. The number of nitrogens with two attached hydrogens (primary N) is 1. The van der Waals surface area contributed by atoms with E-state index < -0.39 is 0 Å². The predicted molar refractivity (Wildman–Crippen MR) is 74.9 cm³/mol. The third-order valence-electron chi connectivity index (χ3n) is 3.43. The van der Waals surface area contributed by atoms with Gasteiger partial charge in [0.05, 0.1) is 0 Å². The van der Waals surface area contributed by atoms with Gasteiger partial charge in [-0.2, -0.15) is 0 Å². The molecule has 0 spiro atoms. The molecule has 1 aliphatic heterocycles. The maximum absolute atomic E-state index is 11.1. The molecule has 1 saturated heterocycles. The van der Waals surface area contributed by atoms with Crippen molar-refractivity contribution in [3.63, 3.8) is 0 Å². The van der Waals surface area contributed by atoms with E-state index in [1.807, 2.05) is 6.07 Å². The molecule has 0 aromatic carbocycles. The summed E-state index contributed by atoms with van der Waals surface area (Å²) in [6, 6.07) is 1.96. The molecule has 2 heterocycles. The van der Waals surface area contributed by atoms with E-state index in [4.69, 9.17) is 5.73 Å². The number of amides is 1. The lowest BCUT2D eigenvalue weighted by atomic mass is 9.96. The summed E-state index contributed by atoms with van der Waals surface area (Å²) in [5.41, 5.74) is 5.34. The average molecular weight is 263 g/mol. The standard InChI is InChI=1S/C13H21N5O/c1-2-5-15-11-8-12(17-9-16-11)18-6-3-10(4-7-18)13(14)19/h8-10H,2-7H2,1H3,(H2,14,19)(H,15,16,17). The Hall–Kier alpha value is -1.85. The van der Waals surface area contributed by atoms with Crippen LogP contribution in [0.5, 0.6) is 0 Å². The van der Waals surface area contributed by atoms with Crippen LogP contribution in [0.1, 0.15) is 26.2 Å². The minimum absolute atomic E-state index is 0.00998. The number of primary amides is 1. The highest BCUT2D eigenvalue weighted by atomic mass is 16.1. The summed E-state index contributed by atoms with van der Waals surface area (Å²) in [6.45, 7) is 4.65. The van der Waals surface area contributed by atoms with Crippen LogP contribution in [0, 0.1) is 5.92 Å².